The number of rotatable bonds is 21. The molecule has 2 aliphatic heterocycles. The fraction of sp³-hybridized carbons (Fsp3) is 0.440. The number of aliphatic hydroxyl groups is 1. The lowest BCUT2D eigenvalue weighted by Gasteiger charge is -2.36. The number of ether oxygens (including phenoxy) is 7. The van der Waals surface area contributed by atoms with Gasteiger partial charge in [0.2, 0.25) is 18.4 Å². The molecule has 0 aromatic heterocycles. The number of methoxy groups -OCH3 is 3. The number of Topliss-reactive ketones (excluding diaryl/α,β-unsaturated/α-hetero) is 1. The third-order valence-electron chi connectivity index (χ3n) is 24.1. The molecule has 0 unspecified atom stereocenters. The number of nitrogens with zero attached hydrogens (tertiary/aromatic N) is 2. The van der Waals surface area contributed by atoms with E-state index in [0.717, 1.165) is 160 Å². The number of hydrogen-bond donors (Lipinski definition) is 10. The zero-order valence-corrected chi connectivity index (χ0v) is 77.6. The smallest absolute Gasteiger partial charge is 0.407 e. The molecule has 32 heteroatoms. The minimum Gasteiger partial charge on any atom is -0.469 e. The summed E-state index contributed by atoms with van der Waals surface area (Å²) in [5.41, 5.74) is 15.5. The minimum atomic E-state index is -2.23. The molecule has 0 bridgehead atoms. The molecular formula is C100H132N11O20P. The lowest BCUT2D eigenvalue weighted by atomic mass is 9.70. The zero-order valence-electron chi connectivity index (χ0n) is 76.7. The van der Waals surface area contributed by atoms with Crippen LogP contribution in [0, 0.1) is 26.4 Å². The van der Waals surface area contributed by atoms with Gasteiger partial charge in [0.25, 0.3) is 0 Å². The second kappa shape index (κ2) is 57.4. The van der Waals surface area contributed by atoms with Crippen LogP contribution in [0.3, 0.4) is 0 Å². The standard InChI is InChI=1S/C21H19O2P.C18H24N2O6.C17H22N2O3.C17H21NO4.C14H17NO3.C9H16N2O.C3H9N3.CH4O/c1-23-21(22)17-24(18-11-5-2-6-12-18,19-13-7-3-8-14-19)20-15-9-4-10-16-20;1-25-16(21)11-18(13-20(23)24)9-7-15(8-10-18)19-17(22)26-12-14-5-3-2-4-6-14;20-15-10-17(12-18-15)8-6-14(7-9-17)19-16(21)22-11-13-4-2-1-3-5-13;1-21-16(19)11-13-7-9-15(10-8-13)18-17(20)22-12-14-5-3-2-4-6-14;16-13-8-6-12(7-9-13)15-14(17)18-10-11-4-2-1-3-5-11;10-7-1-3-9(4-2-7)5-8(12)11-6-9;1-5-3(4)6-2;1-2/h2-17H,1H3;2-6,15H,7-13H2,1H3,(H,19,22);1-5,14H,6-12H2,(H,18,20)(H,19,21);2-6,11,15H,7-10,12H2,1H3,(H,18,20);1-5,12H,6-10H2,(H,15,17);7H,1-6,10H2,(H,11,12);1-2H3,(H3,4,5,6);2H,1H3. The van der Waals surface area contributed by atoms with Gasteiger partial charge in [0.05, 0.1) is 27.8 Å². The van der Waals surface area contributed by atoms with Crippen LogP contribution >= 0.6 is 6.89 Å². The number of carbonyl (C=O) groups is 10. The van der Waals surface area contributed by atoms with Crippen molar-refractivity contribution < 1.29 is 91.1 Å². The van der Waals surface area contributed by atoms with Gasteiger partial charge in [-0.1, -0.05) is 218 Å². The second-order valence-corrected chi connectivity index (χ2v) is 36.8. The Morgan fingerprint density at radius 1 is 0.470 bits per heavy atom. The Hall–Kier alpha value is -12.7. The number of aliphatic hydroxyl groups excluding tert-OH is 1. The van der Waals surface area contributed by atoms with E-state index in [1.165, 1.54) is 21.3 Å². The highest BCUT2D eigenvalue weighted by Crippen LogP contribution is 2.45. The van der Waals surface area contributed by atoms with E-state index in [1.54, 1.807) is 26.0 Å². The maximum Gasteiger partial charge on any atom is 0.407 e. The summed E-state index contributed by atoms with van der Waals surface area (Å²) in [6.45, 7) is 0.208. The molecule has 6 amide bonds. The van der Waals surface area contributed by atoms with Crippen molar-refractivity contribution in [1.29, 1.82) is 0 Å². The van der Waals surface area contributed by atoms with Gasteiger partial charge in [-0.2, -0.15) is 0 Å². The summed E-state index contributed by atoms with van der Waals surface area (Å²) in [5, 5.41) is 41.3. The van der Waals surface area contributed by atoms with E-state index in [9.17, 15) is 58.1 Å². The molecule has 12 N–H and O–H groups in total. The fourth-order valence-corrected chi connectivity index (χ4v) is 20.2. The van der Waals surface area contributed by atoms with Crippen LogP contribution in [0.5, 0.6) is 0 Å². The maximum absolute atomic E-state index is 12.3. The summed E-state index contributed by atoms with van der Waals surface area (Å²) in [4.78, 5) is 130. The average Bonchev–Trinajstić information content (AvgIpc) is 0.800. The largest absolute Gasteiger partial charge is 0.469 e. The molecule has 7 fully saturated rings. The van der Waals surface area contributed by atoms with Crippen LogP contribution in [-0.4, -0.2) is 174 Å². The van der Waals surface area contributed by atoms with Gasteiger partial charge in [-0.25, -0.2) is 28.8 Å². The van der Waals surface area contributed by atoms with Crippen LogP contribution in [0.2, 0.25) is 0 Å². The summed E-state index contributed by atoms with van der Waals surface area (Å²) < 4.78 is 35.1. The first kappa shape index (κ1) is 106. The minimum absolute atomic E-state index is 0.0235. The van der Waals surface area contributed by atoms with Crippen LogP contribution in [0.15, 0.2) is 229 Å². The Balaban J connectivity index is 0.000000215. The number of alkyl carbamates (subject to hydrolysis) is 4. The lowest BCUT2D eigenvalue weighted by Crippen LogP contribution is -2.44. The molecule has 31 nitrogen and oxygen atoms in total. The van der Waals surface area contributed by atoms with Crippen molar-refractivity contribution in [3.8, 4) is 0 Å². The topological polar surface area (TPSA) is 447 Å². The number of benzene rings is 7. The molecule has 7 aromatic carbocycles. The Morgan fingerprint density at radius 3 is 1.07 bits per heavy atom. The van der Waals surface area contributed by atoms with Crippen molar-refractivity contribution >= 4 is 94.4 Å². The molecular weight excluding hydrogens is 1710 g/mol. The van der Waals surface area contributed by atoms with Crippen molar-refractivity contribution in [2.75, 3.05) is 62.2 Å². The van der Waals surface area contributed by atoms with E-state index in [2.05, 4.69) is 88.1 Å². The molecule has 5 aliphatic carbocycles. The van der Waals surface area contributed by atoms with Crippen LogP contribution in [0.4, 0.5) is 19.2 Å². The Labute approximate surface area is 774 Å². The fourth-order valence-electron chi connectivity index (χ4n) is 16.6. The first-order valence-corrected chi connectivity index (χ1v) is 46.6. The van der Waals surface area contributed by atoms with Gasteiger partial charge in [0.15, 0.2) is 5.96 Å². The number of allylic oxidation sites excluding steroid dienone is 1. The van der Waals surface area contributed by atoms with E-state index < -0.39 is 36.6 Å². The van der Waals surface area contributed by atoms with E-state index in [4.69, 9.17) is 40.3 Å². The molecule has 5 saturated carbocycles. The van der Waals surface area contributed by atoms with Crippen molar-refractivity contribution in [1.82, 2.24) is 37.2 Å². The summed E-state index contributed by atoms with van der Waals surface area (Å²) in [5.74, 6) is 1.84. The van der Waals surface area contributed by atoms with Gasteiger partial charge in [0.1, 0.15) is 32.2 Å². The number of aliphatic imine (C=N–C) groups is 1. The molecule has 7 aromatic rings. The molecule has 2 heterocycles. The molecule has 7 aliphatic rings. The maximum atomic E-state index is 12.3. The summed E-state index contributed by atoms with van der Waals surface area (Å²) in [7, 11) is 8.43. The van der Waals surface area contributed by atoms with Gasteiger partial charge in [0, 0.05) is 112 Å². The molecule has 14 rings (SSSR count). The van der Waals surface area contributed by atoms with Gasteiger partial charge in [-0.3, -0.25) is 34.3 Å². The molecule has 2 saturated heterocycles. The normalized spacial score (nSPS) is 20.4. The summed E-state index contributed by atoms with van der Waals surface area (Å²) in [6, 6.07) is 69.3. The highest BCUT2D eigenvalue weighted by molar-refractivity contribution is 7.95. The highest BCUT2D eigenvalue weighted by Gasteiger charge is 2.44. The number of hydrogen-bond acceptors (Lipinski definition) is 22. The van der Waals surface area contributed by atoms with Gasteiger partial charge in [-0.15, -0.1) is 0 Å². The Bertz CT molecular complexity index is 4700. The number of esters is 3. The summed E-state index contributed by atoms with van der Waals surface area (Å²) in [6.07, 6.45) is 17.4. The number of guanidine groups is 1. The highest BCUT2D eigenvalue weighted by atomic mass is 31.2. The predicted octanol–water partition coefficient (Wildman–Crippen LogP) is 12.5. The number of amides is 6. The number of nitro groups is 1. The van der Waals surface area contributed by atoms with Crippen molar-refractivity contribution in [2.24, 2.45) is 32.7 Å². The van der Waals surface area contributed by atoms with Gasteiger partial charge >= 0.3 is 42.3 Å². The average molecular weight is 1840 g/mol. The third kappa shape index (κ3) is 38.0. The Kier molecular flexibility index (Phi) is 46.3. The van der Waals surface area contributed by atoms with E-state index in [0.29, 0.717) is 63.6 Å². The Morgan fingerprint density at radius 2 is 0.780 bits per heavy atom. The molecule has 712 valence electrons. The molecule has 0 radical (unpaired) electrons. The zero-order chi connectivity index (χ0) is 95.4. The number of ketones is 1. The number of nitrogens with one attached hydrogen (secondary N) is 7. The van der Waals surface area contributed by atoms with Crippen LogP contribution in [-0.2, 0) is 88.4 Å². The monoisotopic (exact) mass is 1840 g/mol. The van der Waals surface area contributed by atoms with Crippen molar-refractivity contribution in [3.63, 3.8) is 0 Å². The predicted molar refractivity (Wildman–Crippen MR) is 509 cm³/mol. The molecule has 0 atom stereocenters. The number of nitrogens with two attached hydrogens (primary N) is 2. The van der Waals surface area contributed by atoms with Crippen LogP contribution in [0.1, 0.15) is 170 Å². The first-order chi connectivity index (χ1) is 63.8. The first-order valence-electron chi connectivity index (χ1n) is 44.8. The summed E-state index contributed by atoms with van der Waals surface area (Å²) >= 11 is 0. The molecule has 2 spiro atoms. The van der Waals surface area contributed by atoms with Gasteiger partial charge < -0.3 is 86.9 Å². The quantitative estimate of drug-likeness (QED) is 0.00467. The van der Waals surface area contributed by atoms with E-state index in [-0.39, 0.29) is 108 Å². The molecule has 132 heavy (non-hydrogen) atoms. The van der Waals surface area contributed by atoms with Crippen molar-refractivity contribution in [2.45, 2.75) is 204 Å². The van der Waals surface area contributed by atoms with Crippen LogP contribution in [0.25, 0.3) is 0 Å². The SMILES string of the molecule is CN=C(N)NC.CO.COC(=O)C=C1CCC(NC(=O)OCc2ccccc2)CC1.COC(=O)C=P(c1ccccc1)(c1ccccc1)c1ccccc1.COC(=O)CC1(C[N+](=O)[O-])CCC(NC(=O)OCc2ccccc2)CC1.NC1CCC2(CC1)CNC(=O)C2.O=C1CC2(CCC(NC(=O)OCc3ccccc3)CC2)CN1.O=C1CCC(NC(=O)OCc2ccccc2)CC1. The van der Waals surface area contributed by atoms with E-state index in [1.807, 2.05) is 176 Å². The van der Waals surface area contributed by atoms with Gasteiger partial charge in [-0.05, 0) is 171 Å². The third-order valence-corrected chi connectivity index (χ3v) is 28.0. The van der Waals surface area contributed by atoms with Crippen LogP contribution < -0.4 is 64.6 Å². The number of carbonyl (C=O) groups excluding carboxylic acids is 10. The van der Waals surface area contributed by atoms with Crippen molar-refractivity contribution in [3.05, 3.63) is 256 Å². The second-order valence-electron chi connectivity index (χ2n) is 33.5. The van der Waals surface area contributed by atoms with E-state index >= 15 is 0 Å². The lowest BCUT2D eigenvalue weighted by molar-refractivity contribution is -0.499.